The van der Waals surface area contributed by atoms with Crippen LogP contribution in [-0.2, 0) is 9.53 Å². The molecule has 0 bridgehead atoms. The molecule has 4 rings (SSSR count). The summed E-state index contributed by atoms with van der Waals surface area (Å²) in [5.74, 6) is 0.551. The zero-order valence-electron chi connectivity index (χ0n) is 14.6. The minimum atomic E-state index is -0.484. The number of guanidine groups is 1. The Kier molecular flexibility index (Phi) is 4.36. The summed E-state index contributed by atoms with van der Waals surface area (Å²) in [7, 11) is 3.25. The first-order chi connectivity index (χ1) is 12.5. The van der Waals surface area contributed by atoms with E-state index in [1.165, 1.54) is 4.90 Å². The molecule has 0 aromatic heterocycles. The molecule has 2 atom stereocenters. The van der Waals surface area contributed by atoms with Crippen molar-refractivity contribution in [2.24, 2.45) is 4.99 Å². The molecule has 2 fully saturated rings. The lowest BCUT2D eigenvalue weighted by Gasteiger charge is -2.40. The van der Waals surface area contributed by atoms with Crippen LogP contribution in [0.3, 0.4) is 0 Å². The molecule has 1 aromatic carbocycles. The van der Waals surface area contributed by atoms with Crippen LogP contribution in [0.4, 0.5) is 10.5 Å². The van der Waals surface area contributed by atoms with E-state index in [0.717, 1.165) is 22.7 Å². The number of hydrogen-bond acceptors (Lipinski definition) is 6. The van der Waals surface area contributed by atoms with Gasteiger partial charge in [0.1, 0.15) is 0 Å². The Labute approximate surface area is 160 Å². The van der Waals surface area contributed by atoms with Crippen molar-refractivity contribution in [2.45, 2.75) is 12.2 Å². The van der Waals surface area contributed by atoms with Gasteiger partial charge in [-0.2, -0.15) is 0 Å². The van der Waals surface area contributed by atoms with Crippen molar-refractivity contribution in [3.8, 4) is 0 Å². The summed E-state index contributed by atoms with van der Waals surface area (Å²) in [5, 5.41) is 0. The van der Waals surface area contributed by atoms with Crippen LogP contribution in [0.15, 0.2) is 33.7 Å². The molecule has 26 heavy (non-hydrogen) atoms. The zero-order valence-corrected chi connectivity index (χ0v) is 16.2. The number of likely N-dealkylation sites (N-methyl/N-ethyl adjacent to an activating group) is 1. The first kappa shape index (κ1) is 17.3. The Morgan fingerprint density at radius 2 is 1.96 bits per heavy atom. The topological polar surface area (TPSA) is 68.7 Å². The van der Waals surface area contributed by atoms with Crippen LogP contribution < -0.4 is 4.90 Å². The summed E-state index contributed by atoms with van der Waals surface area (Å²) in [6.07, 6.45) is -0.484. The number of fused-ring (bicyclic) bond motifs is 3. The Balaban J connectivity index is 1.63. The molecule has 8 nitrogen and oxygen atoms in total. The third-order valence-electron chi connectivity index (χ3n) is 5.03. The lowest BCUT2D eigenvalue weighted by atomic mass is 10.1. The van der Waals surface area contributed by atoms with Gasteiger partial charge in [0, 0.05) is 37.4 Å². The van der Waals surface area contributed by atoms with E-state index in [1.807, 2.05) is 29.2 Å². The maximum atomic E-state index is 13.0. The molecular formula is C17H20BrN5O3. The number of benzene rings is 1. The number of anilines is 1. The number of methoxy groups -OCH3 is 1. The number of nitrogens with zero attached hydrogens (tertiary/aromatic N) is 5. The molecule has 138 valence electrons. The summed E-state index contributed by atoms with van der Waals surface area (Å²) in [5.41, 5.74) is 1.02. The predicted molar refractivity (Wildman–Crippen MR) is 100.0 cm³/mol. The third-order valence-corrected chi connectivity index (χ3v) is 5.56. The van der Waals surface area contributed by atoms with Crippen molar-refractivity contribution in [2.75, 3.05) is 45.3 Å². The number of imide groups is 1. The number of carbonyl (C=O) groups is 2. The SMILES string of the molecule is COCCN1C(=O)C2C(N=C3N(c4ccc(Br)cc4)CCN32)N(C)C1=O. The van der Waals surface area contributed by atoms with Crippen LogP contribution in [0.25, 0.3) is 0 Å². The number of halogens is 1. The maximum Gasteiger partial charge on any atom is 0.328 e. The highest BCUT2D eigenvalue weighted by Gasteiger charge is 2.54. The van der Waals surface area contributed by atoms with Crippen molar-refractivity contribution in [1.29, 1.82) is 0 Å². The Hall–Kier alpha value is -2.13. The van der Waals surface area contributed by atoms with Crippen LogP contribution in [0.2, 0.25) is 0 Å². The van der Waals surface area contributed by atoms with Gasteiger partial charge < -0.3 is 19.4 Å². The second kappa shape index (κ2) is 6.55. The van der Waals surface area contributed by atoms with Crippen molar-refractivity contribution in [3.05, 3.63) is 28.7 Å². The summed E-state index contributed by atoms with van der Waals surface area (Å²) in [4.78, 5) is 37.2. The van der Waals surface area contributed by atoms with Gasteiger partial charge in [0.05, 0.1) is 13.2 Å². The van der Waals surface area contributed by atoms with Crippen molar-refractivity contribution >= 4 is 39.5 Å². The number of hydrogen-bond donors (Lipinski definition) is 0. The van der Waals surface area contributed by atoms with Crippen LogP contribution in [-0.4, -0.2) is 85.2 Å². The van der Waals surface area contributed by atoms with Crippen LogP contribution in [0.5, 0.6) is 0 Å². The first-order valence-corrected chi connectivity index (χ1v) is 9.27. The molecule has 0 spiro atoms. The van der Waals surface area contributed by atoms with Gasteiger partial charge in [-0.15, -0.1) is 0 Å². The van der Waals surface area contributed by atoms with Gasteiger partial charge in [0.25, 0.3) is 5.91 Å². The fourth-order valence-electron chi connectivity index (χ4n) is 3.69. The quantitative estimate of drug-likeness (QED) is 0.729. The molecule has 2 unspecified atom stereocenters. The zero-order chi connectivity index (χ0) is 18.4. The van der Waals surface area contributed by atoms with Crippen molar-refractivity contribution in [3.63, 3.8) is 0 Å². The summed E-state index contributed by atoms with van der Waals surface area (Å²) >= 11 is 3.45. The molecule has 0 radical (unpaired) electrons. The molecule has 9 heteroatoms. The predicted octanol–water partition coefficient (Wildman–Crippen LogP) is 1.18. The second-order valence-corrected chi connectivity index (χ2v) is 7.40. The van der Waals surface area contributed by atoms with Gasteiger partial charge in [-0.25, -0.2) is 9.79 Å². The summed E-state index contributed by atoms with van der Waals surface area (Å²) in [6, 6.07) is 7.19. The second-order valence-electron chi connectivity index (χ2n) is 6.49. The molecule has 3 aliphatic heterocycles. The number of aliphatic imine (C=N–C) groups is 1. The van der Waals surface area contributed by atoms with E-state index in [9.17, 15) is 9.59 Å². The van der Waals surface area contributed by atoms with E-state index in [0.29, 0.717) is 13.2 Å². The number of rotatable bonds is 4. The average molecular weight is 422 g/mol. The van der Waals surface area contributed by atoms with Crippen LogP contribution in [0, 0.1) is 0 Å². The van der Waals surface area contributed by atoms with Gasteiger partial charge in [-0.3, -0.25) is 9.69 Å². The average Bonchev–Trinajstić information content (AvgIpc) is 3.20. The summed E-state index contributed by atoms with van der Waals surface area (Å²) < 4.78 is 6.05. The molecule has 3 heterocycles. The van der Waals surface area contributed by atoms with Gasteiger partial charge in [0.2, 0.25) is 5.96 Å². The molecule has 0 saturated carbocycles. The van der Waals surface area contributed by atoms with Crippen LogP contribution in [0.1, 0.15) is 0 Å². The highest BCUT2D eigenvalue weighted by atomic mass is 79.9. The molecule has 3 amide bonds. The Morgan fingerprint density at radius 1 is 1.23 bits per heavy atom. The Morgan fingerprint density at radius 3 is 2.65 bits per heavy atom. The standard InChI is InChI=1S/C17H20BrN5O3/c1-20-14-13(15(24)23(17(20)25)9-10-26-2)22-8-7-21(16(22)19-14)12-5-3-11(18)4-6-12/h3-6,13-14H,7-10H2,1-2H3. The van der Waals surface area contributed by atoms with E-state index in [4.69, 9.17) is 9.73 Å². The van der Waals surface area contributed by atoms with Gasteiger partial charge in [-0.05, 0) is 24.3 Å². The van der Waals surface area contributed by atoms with E-state index < -0.39 is 12.2 Å². The monoisotopic (exact) mass is 421 g/mol. The van der Waals surface area contributed by atoms with E-state index in [-0.39, 0.29) is 18.5 Å². The van der Waals surface area contributed by atoms with Gasteiger partial charge in [0.15, 0.2) is 12.2 Å². The molecule has 1 aromatic rings. The maximum absolute atomic E-state index is 13.0. The lowest BCUT2D eigenvalue weighted by Crippen LogP contribution is -2.65. The highest BCUT2D eigenvalue weighted by molar-refractivity contribution is 9.10. The van der Waals surface area contributed by atoms with Gasteiger partial charge in [-0.1, -0.05) is 15.9 Å². The minimum Gasteiger partial charge on any atom is -0.383 e. The van der Waals surface area contributed by atoms with Crippen molar-refractivity contribution in [1.82, 2.24) is 14.7 Å². The number of carbonyl (C=O) groups excluding carboxylic acids is 2. The molecule has 0 N–H and O–H groups in total. The minimum absolute atomic E-state index is 0.202. The van der Waals surface area contributed by atoms with Gasteiger partial charge >= 0.3 is 6.03 Å². The molecule has 3 aliphatic rings. The Bertz CT molecular complexity index is 768. The van der Waals surface area contributed by atoms with E-state index >= 15 is 0 Å². The fourth-order valence-corrected chi connectivity index (χ4v) is 3.96. The highest BCUT2D eigenvalue weighted by Crippen LogP contribution is 2.33. The fraction of sp³-hybridized carbons (Fsp3) is 0.471. The van der Waals surface area contributed by atoms with Crippen LogP contribution >= 0.6 is 15.9 Å². The largest absolute Gasteiger partial charge is 0.383 e. The van der Waals surface area contributed by atoms with E-state index in [1.54, 1.807) is 19.1 Å². The first-order valence-electron chi connectivity index (χ1n) is 8.47. The molecule has 2 saturated heterocycles. The summed E-state index contributed by atoms with van der Waals surface area (Å²) in [6.45, 7) is 2.03. The van der Waals surface area contributed by atoms with Crippen molar-refractivity contribution < 1.29 is 14.3 Å². The van der Waals surface area contributed by atoms with E-state index in [2.05, 4.69) is 20.8 Å². The molecule has 0 aliphatic carbocycles. The third kappa shape index (κ3) is 2.57. The number of ether oxygens (including phenoxy) is 1. The number of amides is 3. The lowest BCUT2D eigenvalue weighted by molar-refractivity contribution is -0.137. The normalized spacial score (nSPS) is 25.0. The number of urea groups is 1. The smallest absolute Gasteiger partial charge is 0.328 e. The molecular weight excluding hydrogens is 402 g/mol.